The molecule has 0 spiro atoms. The van der Waals surface area contributed by atoms with Gasteiger partial charge in [0.2, 0.25) is 0 Å². The van der Waals surface area contributed by atoms with E-state index in [2.05, 4.69) is 10.3 Å². The largest absolute Gasteiger partial charge is 0.389 e. The van der Waals surface area contributed by atoms with Gasteiger partial charge in [-0.1, -0.05) is 35.9 Å². The van der Waals surface area contributed by atoms with E-state index in [1.165, 1.54) is 6.07 Å². The fourth-order valence-electron chi connectivity index (χ4n) is 3.50. The summed E-state index contributed by atoms with van der Waals surface area (Å²) >= 11 is 5.96. The SMILES string of the molecule is O=C(N[C@H]1CCOC[C@@H]1O)c1cc(Cc2ccc(Cl)cc2)c2cccc(F)c2n1. The van der Waals surface area contributed by atoms with Crippen LogP contribution in [-0.4, -0.2) is 41.4 Å². The molecule has 29 heavy (non-hydrogen) atoms. The first-order valence-corrected chi connectivity index (χ1v) is 9.78. The molecule has 2 atom stereocenters. The van der Waals surface area contributed by atoms with Gasteiger partial charge in [-0.15, -0.1) is 0 Å². The molecule has 0 bridgehead atoms. The molecule has 1 fully saturated rings. The molecule has 0 saturated carbocycles. The number of aliphatic hydroxyl groups is 1. The highest BCUT2D eigenvalue weighted by Gasteiger charge is 2.26. The zero-order valence-electron chi connectivity index (χ0n) is 15.6. The molecule has 1 aromatic heterocycles. The van der Waals surface area contributed by atoms with Crippen LogP contribution >= 0.6 is 11.6 Å². The predicted octanol–water partition coefficient (Wildman–Crippen LogP) is 3.50. The molecule has 2 aromatic carbocycles. The maximum Gasteiger partial charge on any atom is 0.270 e. The maximum absolute atomic E-state index is 14.5. The molecule has 0 aliphatic carbocycles. The lowest BCUT2D eigenvalue weighted by atomic mass is 9.99. The molecule has 2 N–H and O–H groups in total. The molecule has 2 heterocycles. The Morgan fingerprint density at radius 1 is 1.28 bits per heavy atom. The Kier molecular flexibility index (Phi) is 5.76. The molecule has 4 rings (SSSR count). The normalized spacial score (nSPS) is 19.3. The van der Waals surface area contributed by atoms with Crippen molar-refractivity contribution in [2.45, 2.75) is 25.0 Å². The third kappa shape index (κ3) is 4.40. The average molecular weight is 415 g/mol. The predicted molar refractivity (Wildman–Crippen MR) is 109 cm³/mol. The Morgan fingerprint density at radius 2 is 2.07 bits per heavy atom. The number of benzene rings is 2. The maximum atomic E-state index is 14.5. The van der Waals surface area contributed by atoms with E-state index in [9.17, 15) is 14.3 Å². The number of aromatic nitrogens is 1. The number of aliphatic hydroxyl groups excluding tert-OH is 1. The van der Waals surface area contributed by atoms with Crippen LogP contribution in [0.5, 0.6) is 0 Å². The van der Waals surface area contributed by atoms with Gasteiger partial charge in [0, 0.05) is 17.0 Å². The number of carbonyl (C=O) groups is 1. The zero-order valence-corrected chi connectivity index (χ0v) is 16.3. The van der Waals surface area contributed by atoms with E-state index >= 15 is 0 Å². The fourth-order valence-corrected chi connectivity index (χ4v) is 3.63. The fraction of sp³-hybridized carbons (Fsp3) is 0.273. The van der Waals surface area contributed by atoms with E-state index in [1.807, 2.05) is 12.1 Å². The Hall–Kier alpha value is -2.54. The van der Waals surface area contributed by atoms with Crippen LogP contribution < -0.4 is 5.32 Å². The summed E-state index contributed by atoms with van der Waals surface area (Å²) in [6, 6.07) is 13.4. The number of ether oxygens (including phenoxy) is 1. The topological polar surface area (TPSA) is 71.5 Å². The molecule has 1 amide bonds. The molecule has 150 valence electrons. The molecular weight excluding hydrogens is 395 g/mol. The number of hydrogen-bond donors (Lipinski definition) is 2. The summed E-state index contributed by atoms with van der Waals surface area (Å²) in [6.45, 7) is 0.635. The van der Waals surface area contributed by atoms with E-state index in [0.29, 0.717) is 29.9 Å². The van der Waals surface area contributed by atoms with Crippen molar-refractivity contribution in [3.63, 3.8) is 0 Å². The smallest absolute Gasteiger partial charge is 0.270 e. The highest BCUT2D eigenvalue weighted by Crippen LogP contribution is 2.24. The highest BCUT2D eigenvalue weighted by molar-refractivity contribution is 6.30. The third-order valence-corrected chi connectivity index (χ3v) is 5.31. The minimum Gasteiger partial charge on any atom is -0.389 e. The average Bonchev–Trinajstić information content (AvgIpc) is 2.72. The third-order valence-electron chi connectivity index (χ3n) is 5.06. The number of nitrogens with zero attached hydrogens (tertiary/aromatic N) is 1. The van der Waals surface area contributed by atoms with Crippen molar-refractivity contribution in [2.24, 2.45) is 0 Å². The van der Waals surface area contributed by atoms with Gasteiger partial charge >= 0.3 is 0 Å². The van der Waals surface area contributed by atoms with Crippen molar-refractivity contribution in [1.29, 1.82) is 0 Å². The lowest BCUT2D eigenvalue weighted by Gasteiger charge is -2.28. The second-order valence-electron chi connectivity index (χ2n) is 7.12. The number of nitrogens with one attached hydrogen (secondary N) is 1. The van der Waals surface area contributed by atoms with Crippen LogP contribution in [0.1, 0.15) is 28.0 Å². The summed E-state index contributed by atoms with van der Waals surface area (Å²) < 4.78 is 19.6. The highest BCUT2D eigenvalue weighted by atomic mass is 35.5. The first-order chi connectivity index (χ1) is 14.0. The molecule has 1 aliphatic heterocycles. The summed E-state index contributed by atoms with van der Waals surface area (Å²) in [5.41, 5.74) is 2.04. The van der Waals surface area contributed by atoms with E-state index in [0.717, 1.165) is 11.1 Å². The van der Waals surface area contributed by atoms with Gasteiger partial charge in [0.25, 0.3) is 5.91 Å². The zero-order chi connectivity index (χ0) is 20.4. The van der Waals surface area contributed by atoms with Crippen molar-refractivity contribution >= 4 is 28.4 Å². The van der Waals surface area contributed by atoms with Crippen molar-refractivity contribution < 1.29 is 19.0 Å². The standard InChI is InChI=1S/C22H20ClFN2O3/c23-15-6-4-13(5-7-15)10-14-11-19(25-21-16(14)2-1-3-17(21)24)22(28)26-18-8-9-29-12-20(18)27/h1-7,11,18,20,27H,8-10,12H2,(H,26,28)/t18-,20-/m0/s1. The molecule has 3 aromatic rings. The summed E-state index contributed by atoms with van der Waals surface area (Å²) in [6.07, 6.45) is 0.227. The molecule has 1 aliphatic rings. The minimum absolute atomic E-state index is 0.116. The number of fused-ring (bicyclic) bond motifs is 1. The van der Waals surface area contributed by atoms with E-state index in [-0.39, 0.29) is 17.8 Å². The van der Waals surface area contributed by atoms with Gasteiger partial charge in [0.15, 0.2) is 0 Å². The van der Waals surface area contributed by atoms with E-state index < -0.39 is 23.9 Å². The van der Waals surface area contributed by atoms with Crippen LogP contribution in [0.15, 0.2) is 48.5 Å². The van der Waals surface area contributed by atoms with Crippen LogP contribution in [0.25, 0.3) is 10.9 Å². The van der Waals surface area contributed by atoms with Gasteiger partial charge in [0.1, 0.15) is 17.0 Å². The van der Waals surface area contributed by atoms with Gasteiger partial charge in [-0.05, 0) is 48.2 Å². The lowest BCUT2D eigenvalue weighted by molar-refractivity contribution is -0.0261. The monoisotopic (exact) mass is 414 g/mol. The minimum atomic E-state index is -0.779. The second kappa shape index (κ2) is 8.45. The van der Waals surface area contributed by atoms with Crippen LogP contribution in [0.3, 0.4) is 0 Å². The Morgan fingerprint density at radius 3 is 2.83 bits per heavy atom. The number of carbonyl (C=O) groups excluding carboxylic acids is 1. The van der Waals surface area contributed by atoms with Crippen LogP contribution in [0, 0.1) is 5.82 Å². The van der Waals surface area contributed by atoms with Crippen molar-refractivity contribution in [3.05, 3.63) is 76.2 Å². The van der Waals surface area contributed by atoms with Gasteiger partial charge in [-0.3, -0.25) is 4.79 Å². The molecule has 0 unspecified atom stereocenters. The Bertz CT molecular complexity index is 1040. The second-order valence-corrected chi connectivity index (χ2v) is 7.55. The molecular formula is C22H20ClFN2O3. The first kappa shape index (κ1) is 19.8. The van der Waals surface area contributed by atoms with Crippen molar-refractivity contribution in [2.75, 3.05) is 13.2 Å². The van der Waals surface area contributed by atoms with E-state index in [4.69, 9.17) is 16.3 Å². The van der Waals surface area contributed by atoms with Crippen LogP contribution in [0.2, 0.25) is 5.02 Å². The molecule has 7 heteroatoms. The summed E-state index contributed by atoms with van der Waals surface area (Å²) in [5, 5.41) is 14.1. The quantitative estimate of drug-likeness (QED) is 0.685. The number of halogens is 2. The molecule has 0 radical (unpaired) electrons. The number of rotatable bonds is 4. The molecule has 1 saturated heterocycles. The summed E-state index contributed by atoms with van der Waals surface area (Å²) in [4.78, 5) is 17.1. The van der Waals surface area contributed by atoms with Crippen LogP contribution in [-0.2, 0) is 11.2 Å². The number of pyridine rings is 1. The Labute approximate surface area is 172 Å². The van der Waals surface area contributed by atoms with Gasteiger partial charge in [0.05, 0.1) is 18.8 Å². The first-order valence-electron chi connectivity index (χ1n) is 9.40. The van der Waals surface area contributed by atoms with Gasteiger partial charge in [-0.25, -0.2) is 9.37 Å². The summed E-state index contributed by atoms with van der Waals surface area (Å²) in [5.74, 6) is -0.931. The van der Waals surface area contributed by atoms with Gasteiger partial charge in [-0.2, -0.15) is 0 Å². The van der Waals surface area contributed by atoms with Gasteiger partial charge < -0.3 is 15.2 Å². The number of hydrogen-bond acceptors (Lipinski definition) is 4. The number of para-hydroxylation sites is 1. The number of amides is 1. The Balaban J connectivity index is 1.69. The lowest BCUT2D eigenvalue weighted by Crippen LogP contribution is -2.48. The van der Waals surface area contributed by atoms with Crippen molar-refractivity contribution in [1.82, 2.24) is 10.3 Å². The van der Waals surface area contributed by atoms with Crippen LogP contribution in [0.4, 0.5) is 4.39 Å². The molecule has 5 nitrogen and oxygen atoms in total. The summed E-state index contributed by atoms with van der Waals surface area (Å²) in [7, 11) is 0. The van der Waals surface area contributed by atoms with Crippen molar-refractivity contribution in [3.8, 4) is 0 Å². The van der Waals surface area contributed by atoms with E-state index in [1.54, 1.807) is 30.3 Å².